The van der Waals surface area contributed by atoms with Crippen molar-refractivity contribution in [3.63, 3.8) is 0 Å². The first kappa shape index (κ1) is 17.2. The van der Waals surface area contributed by atoms with Crippen molar-refractivity contribution in [3.05, 3.63) is 0 Å². The molecule has 2 atom stereocenters. The Balaban J connectivity index is 4.78. The maximum atomic E-state index is 11.4. The van der Waals surface area contributed by atoms with Gasteiger partial charge in [0.25, 0.3) is 15.6 Å². The maximum absolute atomic E-state index is 11.4. The highest BCUT2D eigenvalue weighted by molar-refractivity contribution is 7.64. The Bertz CT molecular complexity index is 406. The molecule has 0 spiro atoms. The summed E-state index contributed by atoms with van der Waals surface area (Å²) in [5.41, 5.74) is 0. The van der Waals surface area contributed by atoms with Gasteiger partial charge in [-0.2, -0.15) is 0 Å². The minimum atomic E-state index is -6.50. The van der Waals surface area contributed by atoms with Gasteiger partial charge in [-0.15, -0.1) is 13.2 Å². The molecule has 0 aromatic heterocycles. The molecule has 0 aliphatic rings. The lowest BCUT2D eigenvalue weighted by molar-refractivity contribution is -0.340. The van der Waals surface area contributed by atoms with Crippen LogP contribution in [0.5, 0.6) is 0 Å². The lowest BCUT2D eigenvalue weighted by atomic mass is 11.4. The van der Waals surface area contributed by atoms with Gasteiger partial charge >= 0.3 is 6.36 Å². The van der Waals surface area contributed by atoms with E-state index < -0.39 is 29.8 Å². The molecule has 0 aromatic rings. The second-order valence-electron chi connectivity index (χ2n) is 2.04. The predicted molar refractivity (Wildman–Crippen MR) is 32.1 cm³/mol. The highest BCUT2D eigenvalue weighted by atomic mass is 31.3. The first-order valence-corrected chi connectivity index (χ1v) is 7.34. The molecule has 0 radical (unpaired) electrons. The van der Waals surface area contributed by atoms with Crippen molar-refractivity contribution in [2.24, 2.45) is 0 Å². The molecule has 0 aliphatic heterocycles. The topological polar surface area (TPSA) is 171 Å². The van der Waals surface area contributed by atoms with Gasteiger partial charge in [-0.05, 0) is 0 Å². The average Bonchev–Trinajstić information content (AvgIpc) is 1.65. The fourth-order valence-corrected chi connectivity index (χ4v) is 3.14. The van der Waals surface area contributed by atoms with Crippen LogP contribution in [0.25, 0.3) is 0 Å². The second-order valence-corrected chi connectivity index (χ2v) is 6.21. The third-order valence-electron chi connectivity index (χ3n) is 0.615. The van der Waals surface area contributed by atoms with Crippen LogP contribution in [-0.2, 0) is 26.8 Å². The minimum Gasteiger partial charge on any atom is -0.790 e. The molecule has 0 rings (SSSR count). The standard InChI is InChI=1S/CH4F3O10P3/c2-1(3,4)12-16(8,9)14-17(10,11)13-15(5,6)7/h(H,8,9)(H,10,11)(H2,5,6,7)/p-4. The van der Waals surface area contributed by atoms with Crippen LogP contribution in [0.1, 0.15) is 0 Å². The molecule has 104 valence electrons. The third-order valence-corrected chi connectivity index (χ3v) is 4.25. The summed E-state index contributed by atoms with van der Waals surface area (Å²) in [6.07, 6.45) is -5.81. The van der Waals surface area contributed by atoms with E-state index in [0.717, 1.165) is 0 Å². The number of phosphoric acid groups is 3. The van der Waals surface area contributed by atoms with E-state index >= 15 is 0 Å². The Labute approximate surface area is 90.4 Å². The fourth-order valence-electron chi connectivity index (χ4n) is 0.403. The zero-order chi connectivity index (χ0) is 14.1. The molecule has 0 amide bonds. The van der Waals surface area contributed by atoms with E-state index in [1.54, 1.807) is 0 Å². The van der Waals surface area contributed by atoms with Gasteiger partial charge in [-0.25, -0.2) is 8.83 Å². The Kier molecular flexibility index (Phi) is 5.12. The van der Waals surface area contributed by atoms with E-state index in [4.69, 9.17) is 0 Å². The number of phosphoric ester groups is 1. The number of hydrogen-bond acceptors (Lipinski definition) is 10. The SMILES string of the molecule is O=P([O-])([O-])OP(=O)([O-])OP(=O)([O-])OC(F)(F)F. The summed E-state index contributed by atoms with van der Waals surface area (Å²) in [5.74, 6) is 0. The molecule has 16 heteroatoms. The summed E-state index contributed by atoms with van der Waals surface area (Å²) < 4.78 is 71.9. The predicted octanol–water partition coefficient (Wildman–Crippen LogP) is -1.68. The van der Waals surface area contributed by atoms with Gasteiger partial charge in [0.15, 0.2) is 0 Å². The van der Waals surface area contributed by atoms with Crippen LogP contribution in [0.15, 0.2) is 0 Å². The van der Waals surface area contributed by atoms with E-state index in [1.165, 1.54) is 0 Å². The van der Waals surface area contributed by atoms with Crippen molar-refractivity contribution in [1.29, 1.82) is 0 Å². The lowest BCUT2D eigenvalue weighted by Crippen LogP contribution is -2.22. The molecule has 2 unspecified atom stereocenters. The highest BCUT2D eigenvalue weighted by Gasteiger charge is 2.37. The summed E-state index contributed by atoms with van der Waals surface area (Å²) in [6, 6.07) is 0. The molecule has 0 saturated carbocycles. The summed E-state index contributed by atoms with van der Waals surface area (Å²) in [5, 5.41) is 0. The minimum absolute atomic E-state index is 2.21. The fraction of sp³-hybridized carbons (Fsp3) is 1.00. The number of rotatable bonds is 5. The zero-order valence-electron chi connectivity index (χ0n) is 7.06. The van der Waals surface area contributed by atoms with Gasteiger partial charge in [-0.1, -0.05) is 0 Å². The average molecular weight is 322 g/mol. The third kappa shape index (κ3) is 9.86. The molecule has 10 nitrogen and oxygen atoms in total. The number of halogens is 3. The second kappa shape index (κ2) is 5.06. The van der Waals surface area contributed by atoms with E-state index in [-0.39, 0.29) is 0 Å². The van der Waals surface area contributed by atoms with Crippen molar-refractivity contribution in [3.8, 4) is 0 Å². The first-order valence-electron chi connectivity index (χ1n) is 2.96. The van der Waals surface area contributed by atoms with Crippen LogP contribution in [0.2, 0.25) is 0 Å². The normalized spacial score (nSPS) is 20.6. The van der Waals surface area contributed by atoms with Crippen molar-refractivity contribution < 1.29 is 59.6 Å². The summed E-state index contributed by atoms with van der Waals surface area (Å²) in [4.78, 5) is 40.1. The monoisotopic (exact) mass is 322 g/mol. The highest BCUT2D eigenvalue weighted by Crippen LogP contribution is 2.61. The molecule has 0 aliphatic carbocycles. The smallest absolute Gasteiger partial charge is 0.528 e. The summed E-state index contributed by atoms with van der Waals surface area (Å²) in [6.45, 7) is 0. The van der Waals surface area contributed by atoms with Crippen LogP contribution < -0.4 is 19.6 Å². The Morgan fingerprint density at radius 2 is 1.24 bits per heavy atom. The van der Waals surface area contributed by atoms with Crippen molar-refractivity contribution in [1.82, 2.24) is 0 Å². The summed E-state index contributed by atoms with van der Waals surface area (Å²) >= 11 is 0. The zero-order valence-corrected chi connectivity index (χ0v) is 9.74. The molecule has 0 heterocycles. The largest absolute Gasteiger partial charge is 0.790 e. The van der Waals surface area contributed by atoms with Crippen LogP contribution in [0.3, 0.4) is 0 Å². The van der Waals surface area contributed by atoms with Gasteiger partial charge in [-0.3, -0.25) is 13.4 Å². The van der Waals surface area contributed by atoms with Gasteiger partial charge in [0, 0.05) is 0 Å². The van der Waals surface area contributed by atoms with Crippen LogP contribution in [0.4, 0.5) is 13.2 Å². The maximum Gasteiger partial charge on any atom is 0.528 e. The quantitative estimate of drug-likeness (QED) is 0.532. The molecule has 0 saturated heterocycles. The van der Waals surface area contributed by atoms with E-state index in [1.807, 2.05) is 0 Å². The molecule has 17 heavy (non-hydrogen) atoms. The van der Waals surface area contributed by atoms with Crippen LogP contribution in [0, 0.1) is 0 Å². The molecule has 0 fully saturated rings. The van der Waals surface area contributed by atoms with Crippen LogP contribution >= 0.6 is 23.5 Å². The van der Waals surface area contributed by atoms with E-state index in [9.17, 15) is 46.4 Å². The van der Waals surface area contributed by atoms with Gasteiger partial charge in [0.05, 0.1) is 7.82 Å². The first-order chi connectivity index (χ1) is 7.12. The van der Waals surface area contributed by atoms with Crippen LogP contribution in [-0.4, -0.2) is 6.36 Å². The number of hydrogen-bond donors (Lipinski definition) is 0. The van der Waals surface area contributed by atoms with Gasteiger partial charge in [0.2, 0.25) is 0 Å². The Morgan fingerprint density at radius 1 is 0.824 bits per heavy atom. The van der Waals surface area contributed by atoms with E-state index in [2.05, 4.69) is 13.1 Å². The molecule has 0 N–H and O–H groups in total. The molecule has 0 aromatic carbocycles. The van der Waals surface area contributed by atoms with Crippen molar-refractivity contribution >= 4 is 23.5 Å². The summed E-state index contributed by atoms with van der Waals surface area (Å²) in [7, 11) is -19.1. The van der Waals surface area contributed by atoms with Crippen molar-refractivity contribution in [2.75, 3.05) is 0 Å². The van der Waals surface area contributed by atoms with Crippen molar-refractivity contribution in [2.45, 2.75) is 6.36 Å². The van der Waals surface area contributed by atoms with Gasteiger partial charge in [0.1, 0.15) is 0 Å². The molecular weight excluding hydrogens is 322 g/mol. The van der Waals surface area contributed by atoms with Gasteiger partial charge < -0.3 is 24.1 Å². The number of alkyl halides is 3. The molecular formula is CF3O10P3-4. The Hall–Kier alpha value is 0.200. The Morgan fingerprint density at radius 3 is 1.53 bits per heavy atom. The molecule has 0 bridgehead atoms. The van der Waals surface area contributed by atoms with E-state index in [0.29, 0.717) is 0 Å². The lowest BCUT2D eigenvalue weighted by Gasteiger charge is -2.37.